The van der Waals surface area contributed by atoms with Crippen molar-refractivity contribution in [3.05, 3.63) is 66.4 Å². The fourth-order valence-electron chi connectivity index (χ4n) is 3.89. The summed E-state index contributed by atoms with van der Waals surface area (Å²) in [6, 6.07) is 19.6. The Hall–Kier alpha value is -2.35. The van der Waals surface area contributed by atoms with E-state index in [-0.39, 0.29) is 6.42 Å². The van der Waals surface area contributed by atoms with Crippen LogP contribution in [0.25, 0.3) is 11.3 Å². The molecular weight excluding hydrogens is 416 g/mol. The molecule has 1 aliphatic heterocycles. The highest BCUT2D eigenvalue weighted by molar-refractivity contribution is 7.99. The first kappa shape index (κ1) is 20.9. The molecule has 1 atom stereocenters. The Labute approximate surface area is 181 Å². The average molecular weight is 441 g/mol. The van der Waals surface area contributed by atoms with Crippen LogP contribution in [-0.2, 0) is 16.5 Å². The third-order valence-corrected chi connectivity index (χ3v) is 7.50. The van der Waals surface area contributed by atoms with E-state index in [1.54, 1.807) is 23.6 Å². The Bertz CT molecular complexity index is 1180. The van der Waals surface area contributed by atoms with Gasteiger partial charge in [0.25, 0.3) is 10.1 Å². The molecule has 30 heavy (non-hydrogen) atoms. The van der Waals surface area contributed by atoms with Crippen molar-refractivity contribution in [2.45, 2.75) is 48.3 Å². The summed E-state index contributed by atoms with van der Waals surface area (Å²) in [4.78, 5) is 8.49. The lowest BCUT2D eigenvalue weighted by Gasteiger charge is -2.38. The highest BCUT2D eigenvalue weighted by atomic mass is 32.2. The van der Waals surface area contributed by atoms with Crippen LogP contribution in [0.3, 0.4) is 0 Å². The molecule has 0 amide bonds. The second kappa shape index (κ2) is 8.41. The van der Waals surface area contributed by atoms with Gasteiger partial charge in [0.2, 0.25) is 0 Å². The molecule has 5 nitrogen and oxygen atoms in total. The monoisotopic (exact) mass is 440 g/mol. The van der Waals surface area contributed by atoms with Crippen LogP contribution >= 0.6 is 11.8 Å². The predicted molar refractivity (Wildman–Crippen MR) is 122 cm³/mol. The van der Waals surface area contributed by atoms with Crippen molar-refractivity contribution < 1.29 is 13.0 Å². The minimum atomic E-state index is -4.32. The highest BCUT2D eigenvalue weighted by Gasteiger charge is 2.36. The Morgan fingerprint density at radius 1 is 1.00 bits per heavy atom. The minimum Gasteiger partial charge on any atom is -0.319 e. The summed E-state index contributed by atoms with van der Waals surface area (Å²) in [5, 5.41) is -1.08. The lowest BCUT2D eigenvalue weighted by molar-refractivity contribution is 0.464. The SMILES string of the molecule is CCCc1cccc(-c2cccc3c2N(C(CC)S(=O)(=O)O)c2ccccc2S3)n1. The lowest BCUT2D eigenvalue weighted by atomic mass is 10.1. The van der Waals surface area contributed by atoms with Crippen LogP contribution in [0.15, 0.2) is 70.5 Å². The lowest BCUT2D eigenvalue weighted by Crippen LogP contribution is -2.39. The van der Waals surface area contributed by atoms with Gasteiger partial charge >= 0.3 is 0 Å². The molecule has 2 aromatic carbocycles. The molecule has 3 aromatic rings. The molecule has 0 aliphatic carbocycles. The maximum Gasteiger partial charge on any atom is 0.286 e. The van der Waals surface area contributed by atoms with Gasteiger partial charge < -0.3 is 4.90 Å². The van der Waals surface area contributed by atoms with Crippen LogP contribution in [0.5, 0.6) is 0 Å². The number of hydrogen-bond acceptors (Lipinski definition) is 5. The number of pyridine rings is 1. The summed E-state index contributed by atoms with van der Waals surface area (Å²) in [6.45, 7) is 3.89. The molecule has 0 radical (unpaired) electrons. The van der Waals surface area contributed by atoms with E-state index in [1.165, 1.54) is 0 Å². The molecule has 0 spiro atoms. The van der Waals surface area contributed by atoms with Crippen molar-refractivity contribution >= 4 is 33.3 Å². The summed E-state index contributed by atoms with van der Waals surface area (Å²) < 4.78 is 34.8. The van der Waals surface area contributed by atoms with Gasteiger partial charge in [-0.15, -0.1) is 0 Å². The van der Waals surface area contributed by atoms with Crippen molar-refractivity contribution in [1.29, 1.82) is 0 Å². The summed E-state index contributed by atoms with van der Waals surface area (Å²) in [5.41, 5.74) is 4.20. The molecule has 0 bridgehead atoms. The van der Waals surface area contributed by atoms with E-state index in [0.29, 0.717) is 0 Å². The Kier molecular flexibility index (Phi) is 5.86. The van der Waals surface area contributed by atoms with Crippen LogP contribution in [-0.4, -0.2) is 23.3 Å². The van der Waals surface area contributed by atoms with Gasteiger partial charge in [-0.05, 0) is 43.2 Å². The first-order valence-corrected chi connectivity index (χ1v) is 12.4. The number of anilines is 2. The maximum atomic E-state index is 12.4. The second-order valence-electron chi connectivity index (χ2n) is 7.23. The Morgan fingerprint density at radius 2 is 1.73 bits per heavy atom. The van der Waals surface area contributed by atoms with E-state index in [9.17, 15) is 13.0 Å². The highest BCUT2D eigenvalue weighted by Crippen LogP contribution is 2.52. The first-order valence-electron chi connectivity index (χ1n) is 10.1. The van der Waals surface area contributed by atoms with E-state index in [0.717, 1.165) is 51.0 Å². The molecule has 4 rings (SSSR count). The third-order valence-electron chi connectivity index (χ3n) is 5.15. The van der Waals surface area contributed by atoms with Crippen LogP contribution in [0.2, 0.25) is 0 Å². The fourth-order valence-corrected chi connectivity index (χ4v) is 5.90. The van der Waals surface area contributed by atoms with Gasteiger partial charge in [-0.1, -0.05) is 62.4 Å². The first-order chi connectivity index (χ1) is 14.4. The molecule has 7 heteroatoms. The van der Waals surface area contributed by atoms with Crippen LogP contribution in [0.4, 0.5) is 11.4 Å². The molecule has 156 valence electrons. The molecule has 2 heterocycles. The number of fused-ring (bicyclic) bond motifs is 2. The van der Waals surface area contributed by atoms with Crippen molar-refractivity contribution in [2.75, 3.05) is 4.90 Å². The Morgan fingerprint density at radius 3 is 2.47 bits per heavy atom. The number of aryl methyl sites for hydroxylation is 1. The van der Waals surface area contributed by atoms with Gasteiger partial charge in [0.1, 0.15) is 0 Å². The average Bonchev–Trinajstić information content (AvgIpc) is 2.73. The molecule has 0 saturated heterocycles. The van der Waals surface area contributed by atoms with Gasteiger partial charge in [0.05, 0.1) is 17.1 Å². The van der Waals surface area contributed by atoms with E-state index in [4.69, 9.17) is 4.98 Å². The predicted octanol–water partition coefficient (Wildman–Crippen LogP) is 5.93. The van der Waals surface area contributed by atoms with E-state index >= 15 is 0 Å². The zero-order valence-corrected chi connectivity index (χ0v) is 18.6. The maximum absolute atomic E-state index is 12.4. The summed E-state index contributed by atoms with van der Waals surface area (Å²) in [6.07, 6.45) is 2.13. The summed E-state index contributed by atoms with van der Waals surface area (Å²) >= 11 is 1.60. The van der Waals surface area contributed by atoms with Crippen molar-refractivity contribution in [1.82, 2.24) is 4.98 Å². The number of rotatable bonds is 6. The summed E-state index contributed by atoms with van der Waals surface area (Å²) in [5.74, 6) is 0. The number of benzene rings is 2. The molecular formula is C23H24N2O3S2. The second-order valence-corrected chi connectivity index (χ2v) is 9.89. The van der Waals surface area contributed by atoms with Crippen molar-refractivity contribution in [3.63, 3.8) is 0 Å². The molecule has 0 fully saturated rings. The zero-order chi connectivity index (χ0) is 21.3. The van der Waals surface area contributed by atoms with E-state index in [2.05, 4.69) is 6.92 Å². The van der Waals surface area contributed by atoms with Gasteiger partial charge in [0.15, 0.2) is 5.37 Å². The smallest absolute Gasteiger partial charge is 0.286 e. The third kappa shape index (κ3) is 3.85. The summed E-state index contributed by atoms with van der Waals surface area (Å²) in [7, 11) is -4.32. The molecule has 1 aromatic heterocycles. The van der Waals surface area contributed by atoms with Crippen LogP contribution in [0, 0.1) is 0 Å². The van der Waals surface area contributed by atoms with Crippen molar-refractivity contribution in [2.24, 2.45) is 0 Å². The van der Waals surface area contributed by atoms with Crippen LogP contribution in [0.1, 0.15) is 32.4 Å². The van der Waals surface area contributed by atoms with Gasteiger partial charge in [-0.2, -0.15) is 8.42 Å². The number of nitrogens with zero attached hydrogens (tertiary/aromatic N) is 2. The zero-order valence-electron chi connectivity index (χ0n) is 16.9. The van der Waals surface area contributed by atoms with Crippen LogP contribution < -0.4 is 4.90 Å². The molecule has 1 unspecified atom stereocenters. The standard InChI is InChI=1S/C23H24N2O3S2/c1-3-9-16-10-7-12-18(24-16)17-11-8-15-21-23(17)25(22(4-2)30(26,27)28)19-13-5-6-14-20(19)29-21/h5-8,10-15,22H,3-4,9H2,1-2H3,(H,26,27,28). The van der Waals surface area contributed by atoms with Gasteiger partial charge in [-0.25, -0.2) is 0 Å². The van der Waals surface area contributed by atoms with Gasteiger partial charge in [0, 0.05) is 21.0 Å². The fraction of sp³-hybridized carbons (Fsp3) is 0.261. The largest absolute Gasteiger partial charge is 0.319 e. The Balaban J connectivity index is 1.97. The number of para-hydroxylation sites is 2. The minimum absolute atomic E-state index is 0.245. The number of hydrogen-bond donors (Lipinski definition) is 1. The topological polar surface area (TPSA) is 70.5 Å². The molecule has 1 aliphatic rings. The van der Waals surface area contributed by atoms with E-state index < -0.39 is 15.5 Å². The quantitative estimate of drug-likeness (QED) is 0.479. The van der Waals surface area contributed by atoms with Crippen molar-refractivity contribution in [3.8, 4) is 11.3 Å². The normalized spacial score (nSPS) is 14.2. The molecule has 0 saturated carbocycles. The van der Waals surface area contributed by atoms with E-state index in [1.807, 2.05) is 60.7 Å². The molecule has 1 N–H and O–H groups in total. The number of aromatic nitrogens is 1. The van der Waals surface area contributed by atoms with Gasteiger partial charge in [-0.3, -0.25) is 9.54 Å².